The van der Waals surface area contributed by atoms with Crippen molar-refractivity contribution in [3.8, 4) is 0 Å². The van der Waals surface area contributed by atoms with Crippen molar-refractivity contribution < 1.29 is 13.9 Å². The number of fused-ring (bicyclic) bond motifs is 1. The Kier molecular flexibility index (Phi) is 3.60. The second-order valence-electron chi connectivity index (χ2n) is 4.59. The van der Waals surface area contributed by atoms with E-state index in [-0.39, 0.29) is 18.1 Å². The van der Waals surface area contributed by atoms with Gasteiger partial charge in [0, 0.05) is 5.39 Å². The van der Waals surface area contributed by atoms with E-state index in [0.717, 1.165) is 16.5 Å². The third-order valence-corrected chi connectivity index (χ3v) is 3.09. The SMILES string of the molecule is O=C(OCc1ccc(F)cc1)c1ccc2ccccc2n1. The fraction of sp³-hybridized carbons (Fsp3) is 0.0588. The minimum atomic E-state index is -0.495. The number of hydrogen-bond donors (Lipinski definition) is 0. The molecule has 0 atom stereocenters. The maximum atomic E-state index is 12.8. The number of para-hydroxylation sites is 1. The number of hydrogen-bond acceptors (Lipinski definition) is 3. The Hall–Kier alpha value is -2.75. The van der Waals surface area contributed by atoms with Gasteiger partial charge in [0.25, 0.3) is 0 Å². The number of nitrogens with zero attached hydrogens (tertiary/aromatic N) is 1. The van der Waals surface area contributed by atoms with E-state index in [1.54, 1.807) is 18.2 Å². The minimum Gasteiger partial charge on any atom is -0.456 e. The first-order chi connectivity index (χ1) is 10.2. The van der Waals surface area contributed by atoms with Crippen molar-refractivity contribution in [2.24, 2.45) is 0 Å². The number of esters is 1. The van der Waals surface area contributed by atoms with Crippen molar-refractivity contribution in [2.45, 2.75) is 6.61 Å². The molecule has 21 heavy (non-hydrogen) atoms. The summed E-state index contributed by atoms with van der Waals surface area (Å²) in [5.74, 6) is -0.814. The van der Waals surface area contributed by atoms with Gasteiger partial charge in [0.05, 0.1) is 5.52 Å². The Bertz CT molecular complexity index is 784. The molecule has 0 aliphatic carbocycles. The van der Waals surface area contributed by atoms with Gasteiger partial charge in [0.15, 0.2) is 0 Å². The maximum absolute atomic E-state index is 12.8. The van der Waals surface area contributed by atoms with Gasteiger partial charge in [-0.15, -0.1) is 0 Å². The lowest BCUT2D eigenvalue weighted by Crippen LogP contribution is -2.07. The van der Waals surface area contributed by atoms with Crippen LogP contribution in [0.2, 0.25) is 0 Å². The standard InChI is InChI=1S/C17H12FNO2/c18-14-8-5-12(6-9-14)11-21-17(20)16-10-7-13-3-1-2-4-15(13)19-16/h1-10H,11H2. The number of ether oxygens (including phenoxy) is 1. The third kappa shape index (κ3) is 3.05. The van der Waals surface area contributed by atoms with Gasteiger partial charge in [-0.25, -0.2) is 14.2 Å². The molecule has 3 aromatic rings. The second kappa shape index (κ2) is 5.71. The highest BCUT2D eigenvalue weighted by Crippen LogP contribution is 2.13. The predicted molar refractivity (Wildman–Crippen MR) is 77.3 cm³/mol. The first-order valence-electron chi connectivity index (χ1n) is 6.50. The lowest BCUT2D eigenvalue weighted by molar-refractivity contribution is 0.0466. The summed E-state index contributed by atoms with van der Waals surface area (Å²) in [6, 6.07) is 16.8. The van der Waals surface area contributed by atoms with Crippen LogP contribution in [-0.4, -0.2) is 11.0 Å². The van der Waals surface area contributed by atoms with Gasteiger partial charge in [0.1, 0.15) is 18.1 Å². The molecule has 0 spiro atoms. The summed E-state index contributed by atoms with van der Waals surface area (Å²) in [6.45, 7) is 0.0909. The largest absolute Gasteiger partial charge is 0.456 e. The fourth-order valence-electron chi connectivity index (χ4n) is 1.98. The average molecular weight is 281 g/mol. The summed E-state index contributed by atoms with van der Waals surface area (Å²) < 4.78 is 18.0. The highest BCUT2D eigenvalue weighted by Gasteiger charge is 2.09. The summed E-state index contributed by atoms with van der Waals surface area (Å²) in [6.07, 6.45) is 0. The van der Waals surface area contributed by atoms with Crippen molar-refractivity contribution in [3.05, 3.63) is 77.7 Å². The van der Waals surface area contributed by atoms with Gasteiger partial charge in [0.2, 0.25) is 0 Å². The molecule has 0 N–H and O–H groups in total. The van der Waals surface area contributed by atoms with Crippen LogP contribution in [-0.2, 0) is 11.3 Å². The molecular formula is C17H12FNO2. The molecule has 0 aliphatic rings. The normalized spacial score (nSPS) is 10.5. The number of rotatable bonds is 3. The zero-order valence-electron chi connectivity index (χ0n) is 11.1. The molecule has 0 saturated carbocycles. The van der Waals surface area contributed by atoms with Crippen LogP contribution in [0, 0.1) is 5.82 Å². The molecule has 1 heterocycles. The Morgan fingerprint density at radius 3 is 2.57 bits per heavy atom. The molecule has 1 aromatic heterocycles. The van der Waals surface area contributed by atoms with Gasteiger partial charge < -0.3 is 4.74 Å². The van der Waals surface area contributed by atoms with Crippen LogP contribution < -0.4 is 0 Å². The number of aromatic nitrogens is 1. The Morgan fingerprint density at radius 2 is 1.76 bits per heavy atom. The molecule has 3 rings (SSSR count). The van der Waals surface area contributed by atoms with Crippen LogP contribution in [0.5, 0.6) is 0 Å². The van der Waals surface area contributed by atoms with Gasteiger partial charge in [-0.05, 0) is 29.8 Å². The first kappa shape index (κ1) is 13.2. The van der Waals surface area contributed by atoms with Crippen LogP contribution in [0.1, 0.15) is 16.1 Å². The topological polar surface area (TPSA) is 39.2 Å². The van der Waals surface area contributed by atoms with E-state index >= 15 is 0 Å². The molecular weight excluding hydrogens is 269 g/mol. The molecule has 0 bridgehead atoms. The quantitative estimate of drug-likeness (QED) is 0.687. The molecule has 3 nitrogen and oxygen atoms in total. The van der Waals surface area contributed by atoms with Crippen LogP contribution in [0.4, 0.5) is 4.39 Å². The number of pyridine rings is 1. The Balaban J connectivity index is 1.73. The summed E-state index contributed by atoms with van der Waals surface area (Å²) >= 11 is 0. The molecule has 0 radical (unpaired) electrons. The van der Waals surface area contributed by atoms with Gasteiger partial charge in [-0.2, -0.15) is 0 Å². The number of carbonyl (C=O) groups is 1. The molecule has 0 fully saturated rings. The summed E-state index contributed by atoms with van der Waals surface area (Å²) in [5, 5.41) is 0.965. The van der Waals surface area contributed by atoms with Crippen molar-refractivity contribution >= 4 is 16.9 Å². The van der Waals surface area contributed by atoms with E-state index in [1.165, 1.54) is 12.1 Å². The number of benzene rings is 2. The van der Waals surface area contributed by atoms with Crippen LogP contribution in [0.15, 0.2) is 60.7 Å². The second-order valence-corrected chi connectivity index (χ2v) is 4.59. The van der Waals surface area contributed by atoms with Crippen LogP contribution in [0.25, 0.3) is 10.9 Å². The number of carbonyl (C=O) groups excluding carboxylic acids is 1. The smallest absolute Gasteiger partial charge is 0.357 e. The molecule has 0 amide bonds. The summed E-state index contributed by atoms with van der Waals surface area (Å²) in [7, 11) is 0. The predicted octanol–water partition coefficient (Wildman–Crippen LogP) is 3.73. The van der Waals surface area contributed by atoms with E-state index in [0.29, 0.717) is 0 Å². The highest BCUT2D eigenvalue weighted by atomic mass is 19.1. The monoisotopic (exact) mass is 281 g/mol. The lowest BCUT2D eigenvalue weighted by Gasteiger charge is -2.05. The molecule has 0 saturated heterocycles. The average Bonchev–Trinajstić information content (AvgIpc) is 2.53. The molecule has 0 unspecified atom stereocenters. The summed E-state index contributed by atoms with van der Waals surface area (Å²) in [5.41, 5.74) is 1.73. The van der Waals surface area contributed by atoms with E-state index in [1.807, 2.05) is 30.3 Å². The van der Waals surface area contributed by atoms with Crippen molar-refractivity contribution in [1.29, 1.82) is 0 Å². The van der Waals surface area contributed by atoms with Crippen LogP contribution in [0.3, 0.4) is 0 Å². The van der Waals surface area contributed by atoms with Gasteiger partial charge >= 0.3 is 5.97 Å². The van der Waals surface area contributed by atoms with E-state index in [9.17, 15) is 9.18 Å². The van der Waals surface area contributed by atoms with Crippen LogP contribution >= 0.6 is 0 Å². The fourth-order valence-corrected chi connectivity index (χ4v) is 1.98. The zero-order valence-corrected chi connectivity index (χ0v) is 11.1. The van der Waals surface area contributed by atoms with E-state index < -0.39 is 5.97 Å². The molecule has 104 valence electrons. The Morgan fingerprint density at radius 1 is 1.00 bits per heavy atom. The third-order valence-electron chi connectivity index (χ3n) is 3.09. The maximum Gasteiger partial charge on any atom is 0.357 e. The van der Waals surface area contributed by atoms with Gasteiger partial charge in [-0.3, -0.25) is 0 Å². The summed E-state index contributed by atoms with van der Waals surface area (Å²) in [4.78, 5) is 16.2. The van der Waals surface area contributed by atoms with Crippen molar-refractivity contribution in [1.82, 2.24) is 4.98 Å². The highest BCUT2D eigenvalue weighted by molar-refractivity contribution is 5.90. The number of halogens is 1. The molecule has 2 aromatic carbocycles. The van der Waals surface area contributed by atoms with Crippen molar-refractivity contribution in [2.75, 3.05) is 0 Å². The molecule has 4 heteroatoms. The van der Waals surface area contributed by atoms with E-state index in [2.05, 4.69) is 4.98 Å². The van der Waals surface area contributed by atoms with E-state index in [4.69, 9.17) is 4.74 Å². The first-order valence-corrected chi connectivity index (χ1v) is 6.50. The Labute approximate surface area is 121 Å². The molecule has 0 aliphatic heterocycles. The van der Waals surface area contributed by atoms with Gasteiger partial charge in [-0.1, -0.05) is 36.4 Å². The lowest BCUT2D eigenvalue weighted by atomic mass is 10.2. The zero-order chi connectivity index (χ0) is 14.7. The van der Waals surface area contributed by atoms with Crippen molar-refractivity contribution in [3.63, 3.8) is 0 Å². The minimum absolute atomic E-state index is 0.0909.